The van der Waals surface area contributed by atoms with Gasteiger partial charge in [-0.15, -0.1) is 0 Å². The van der Waals surface area contributed by atoms with Crippen molar-refractivity contribution in [1.29, 1.82) is 0 Å². The molecule has 1 N–H and O–H groups in total. The molecule has 0 aliphatic carbocycles. The van der Waals surface area contributed by atoms with Gasteiger partial charge in [0.15, 0.2) is 0 Å². The van der Waals surface area contributed by atoms with Crippen molar-refractivity contribution in [3.63, 3.8) is 0 Å². The number of nitrogens with zero attached hydrogens (tertiary/aromatic N) is 1. The largest absolute Gasteiger partial charge is 0.496 e. The Labute approximate surface area is 130 Å². The van der Waals surface area contributed by atoms with E-state index in [9.17, 15) is 4.79 Å². The van der Waals surface area contributed by atoms with Crippen molar-refractivity contribution in [2.45, 2.75) is 19.8 Å². The Morgan fingerprint density at radius 2 is 2.10 bits per heavy atom. The third-order valence-corrected chi connectivity index (χ3v) is 3.86. The average Bonchev–Trinajstić information content (AvgIpc) is 2.41. The first-order valence-corrected chi connectivity index (χ1v) is 7.24. The highest BCUT2D eigenvalue weighted by Gasteiger charge is 2.15. The van der Waals surface area contributed by atoms with E-state index in [1.165, 1.54) is 0 Å². The fourth-order valence-corrected chi connectivity index (χ4v) is 2.65. The summed E-state index contributed by atoms with van der Waals surface area (Å²) in [5.41, 5.74) is 1.19. The second-order valence-corrected chi connectivity index (χ2v) is 5.84. The van der Waals surface area contributed by atoms with Crippen LogP contribution in [0.4, 0.5) is 0 Å². The SMILES string of the molecule is COc1cc(Cl)ccc1-c1nc(C(C)C)c(Br)c(=O)[nH]1. The number of rotatable bonds is 3. The summed E-state index contributed by atoms with van der Waals surface area (Å²) in [5, 5.41) is 0.564. The highest BCUT2D eigenvalue weighted by Crippen LogP contribution is 2.31. The van der Waals surface area contributed by atoms with Crippen LogP contribution in [-0.2, 0) is 0 Å². The lowest BCUT2D eigenvalue weighted by molar-refractivity contribution is 0.416. The molecule has 4 nitrogen and oxygen atoms in total. The smallest absolute Gasteiger partial charge is 0.265 e. The molecule has 0 aliphatic heterocycles. The molecule has 20 heavy (non-hydrogen) atoms. The molecule has 0 fully saturated rings. The molecule has 2 aromatic rings. The maximum absolute atomic E-state index is 12.0. The minimum atomic E-state index is -0.212. The summed E-state index contributed by atoms with van der Waals surface area (Å²) >= 11 is 9.22. The van der Waals surface area contributed by atoms with Gasteiger partial charge in [0.2, 0.25) is 0 Å². The number of hydrogen-bond acceptors (Lipinski definition) is 3. The van der Waals surface area contributed by atoms with Crippen molar-refractivity contribution in [3.8, 4) is 17.1 Å². The van der Waals surface area contributed by atoms with Gasteiger partial charge in [-0.1, -0.05) is 25.4 Å². The molecule has 2 rings (SSSR count). The number of aromatic amines is 1. The zero-order chi connectivity index (χ0) is 14.9. The number of halogens is 2. The summed E-state index contributed by atoms with van der Waals surface area (Å²) in [6.45, 7) is 3.96. The molecule has 6 heteroatoms. The maximum Gasteiger partial charge on any atom is 0.265 e. The summed E-state index contributed by atoms with van der Waals surface area (Å²) in [6, 6.07) is 5.20. The molecule has 0 spiro atoms. The number of methoxy groups -OCH3 is 1. The number of aromatic nitrogens is 2. The predicted octanol–water partition coefficient (Wildman–Crippen LogP) is 3.98. The highest BCUT2D eigenvalue weighted by molar-refractivity contribution is 9.10. The van der Waals surface area contributed by atoms with Gasteiger partial charge in [-0.05, 0) is 40.0 Å². The number of H-pyrrole nitrogens is 1. The van der Waals surface area contributed by atoms with E-state index in [-0.39, 0.29) is 11.5 Å². The van der Waals surface area contributed by atoms with Crippen molar-refractivity contribution in [2.75, 3.05) is 7.11 Å². The Bertz CT molecular complexity index is 698. The van der Waals surface area contributed by atoms with Crippen molar-refractivity contribution < 1.29 is 4.74 Å². The predicted molar refractivity (Wildman–Crippen MR) is 83.6 cm³/mol. The highest BCUT2D eigenvalue weighted by atomic mass is 79.9. The summed E-state index contributed by atoms with van der Waals surface area (Å²) in [6.07, 6.45) is 0. The summed E-state index contributed by atoms with van der Waals surface area (Å²) < 4.78 is 5.76. The van der Waals surface area contributed by atoms with Crippen LogP contribution in [-0.4, -0.2) is 17.1 Å². The third kappa shape index (κ3) is 2.88. The molecule has 1 heterocycles. The van der Waals surface area contributed by atoms with Gasteiger partial charge >= 0.3 is 0 Å². The molecule has 0 radical (unpaired) electrons. The van der Waals surface area contributed by atoms with Crippen LogP contribution < -0.4 is 10.3 Å². The van der Waals surface area contributed by atoms with E-state index >= 15 is 0 Å². The second-order valence-electron chi connectivity index (χ2n) is 4.61. The Hall–Kier alpha value is -1.33. The molecule has 0 amide bonds. The Kier molecular flexibility index (Phi) is 4.50. The Morgan fingerprint density at radius 1 is 1.40 bits per heavy atom. The van der Waals surface area contributed by atoms with Crippen molar-refractivity contribution in [2.24, 2.45) is 0 Å². The molecular weight excluding hydrogens is 344 g/mol. The van der Waals surface area contributed by atoms with Crippen LogP contribution in [0.25, 0.3) is 11.4 Å². The minimum absolute atomic E-state index is 0.128. The Morgan fingerprint density at radius 3 is 2.70 bits per heavy atom. The molecule has 1 aromatic heterocycles. The number of benzene rings is 1. The standard InChI is InChI=1S/C14H14BrClN2O2/c1-7(2)12-11(15)14(19)18-13(17-12)9-5-4-8(16)6-10(9)20-3/h4-7H,1-3H3,(H,17,18,19). The zero-order valence-corrected chi connectivity index (χ0v) is 13.7. The lowest BCUT2D eigenvalue weighted by atomic mass is 10.1. The van der Waals surface area contributed by atoms with Gasteiger partial charge in [0.05, 0.1) is 18.4 Å². The van der Waals surface area contributed by atoms with Gasteiger partial charge in [0.1, 0.15) is 16.0 Å². The lowest BCUT2D eigenvalue weighted by Gasteiger charge is -2.12. The van der Waals surface area contributed by atoms with Crippen molar-refractivity contribution in [3.05, 3.63) is 43.7 Å². The van der Waals surface area contributed by atoms with E-state index < -0.39 is 0 Å². The Balaban J connectivity index is 2.67. The van der Waals surface area contributed by atoms with Gasteiger partial charge in [0.25, 0.3) is 5.56 Å². The molecule has 106 valence electrons. The molecule has 0 atom stereocenters. The quantitative estimate of drug-likeness (QED) is 0.904. The molecule has 0 saturated heterocycles. The monoisotopic (exact) mass is 356 g/mol. The van der Waals surface area contributed by atoms with Crippen LogP contribution in [0.1, 0.15) is 25.5 Å². The van der Waals surface area contributed by atoms with E-state index in [4.69, 9.17) is 16.3 Å². The first-order valence-electron chi connectivity index (χ1n) is 6.07. The lowest BCUT2D eigenvalue weighted by Crippen LogP contribution is -2.14. The molecule has 1 aromatic carbocycles. The average molecular weight is 358 g/mol. The summed E-state index contributed by atoms with van der Waals surface area (Å²) in [5.74, 6) is 1.16. The van der Waals surface area contributed by atoms with Crippen molar-refractivity contribution in [1.82, 2.24) is 9.97 Å². The van der Waals surface area contributed by atoms with Gasteiger partial charge < -0.3 is 9.72 Å². The van der Waals surface area contributed by atoms with Crippen LogP contribution in [0.3, 0.4) is 0 Å². The van der Waals surface area contributed by atoms with Crippen LogP contribution in [0.2, 0.25) is 5.02 Å². The van der Waals surface area contributed by atoms with Crippen LogP contribution >= 0.6 is 27.5 Å². The first-order chi connectivity index (χ1) is 9.43. The van der Waals surface area contributed by atoms with Crippen LogP contribution in [0.5, 0.6) is 5.75 Å². The molecule has 0 unspecified atom stereocenters. The van der Waals surface area contributed by atoms with Crippen LogP contribution in [0, 0.1) is 0 Å². The van der Waals surface area contributed by atoms with Crippen molar-refractivity contribution >= 4 is 27.5 Å². The number of hydrogen-bond donors (Lipinski definition) is 1. The van der Waals surface area contributed by atoms with Gasteiger partial charge in [-0.25, -0.2) is 4.98 Å². The molecule has 0 bridgehead atoms. The van der Waals surface area contributed by atoms with Gasteiger partial charge in [-0.3, -0.25) is 4.79 Å². The minimum Gasteiger partial charge on any atom is -0.496 e. The molecule has 0 aliphatic rings. The number of ether oxygens (including phenoxy) is 1. The van der Waals surface area contributed by atoms with Crippen LogP contribution in [0.15, 0.2) is 27.5 Å². The fraction of sp³-hybridized carbons (Fsp3) is 0.286. The maximum atomic E-state index is 12.0. The third-order valence-electron chi connectivity index (χ3n) is 2.85. The van der Waals surface area contributed by atoms with E-state index in [2.05, 4.69) is 25.9 Å². The summed E-state index contributed by atoms with van der Waals surface area (Å²) in [7, 11) is 1.55. The van der Waals surface area contributed by atoms with E-state index in [0.717, 1.165) is 0 Å². The first kappa shape index (κ1) is 15.1. The molecular formula is C14H14BrClN2O2. The topological polar surface area (TPSA) is 55.0 Å². The zero-order valence-electron chi connectivity index (χ0n) is 11.3. The number of nitrogens with one attached hydrogen (secondary N) is 1. The van der Waals surface area contributed by atoms with E-state index in [1.807, 2.05) is 13.8 Å². The second kappa shape index (κ2) is 5.97. The van der Waals surface area contributed by atoms with Gasteiger partial charge in [0, 0.05) is 5.02 Å². The van der Waals surface area contributed by atoms with E-state index in [1.54, 1.807) is 25.3 Å². The fourth-order valence-electron chi connectivity index (χ4n) is 1.85. The summed E-state index contributed by atoms with van der Waals surface area (Å²) in [4.78, 5) is 19.3. The molecule has 0 saturated carbocycles. The normalized spacial score (nSPS) is 10.9. The van der Waals surface area contributed by atoms with Gasteiger partial charge in [-0.2, -0.15) is 0 Å². The van der Waals surface area contributed by atoms with E-state index in [0.29, 0.717) is 32.3 Å².